The van der Waals surface area contributed by atoms with E-state index in [1.165, 1.54) is 0 Å². The molecule has 4 rings (SSSR count). The van der Waals surface area contributed by atoms with Gasteiger partial charge in [0.1, 0.15) is 5.75 Å². The van der Waals surface area contributed by atoms with Crippen LogP contribution in [0.4, 0.5) is 8.78 Å². The summed E-state index contributed by atoms with van der Waals surface area (Å²) in [7, 11) is 0. The van der Waals surface area contributed by atoms with Gasteiger partial charge in [0.25, 0.3) is 0 Å². The number of para-hydroxylation sites is 1. The van der Waals surface area contributed by atoms with Gasteiger partial charge in [-0.1, -0.05) is 48.5 Å². The summed E-state index contributed by atoms with van der Waals surface area (Å²) in [6.45, 7) is -0.627. The van der Waals surface area contributed by atoms with Gasteiger partial charge in [0, 0.05) is 31.1 Å². The molecule has 1 aliphatic carbocycles. The number of hydrogen-bond donors (Lipinski definition) is 1. The van der Waals surface area contributed by atoms with Crippen LogP contribution in [0.3, 0.4) is 0 Å². The highest BCUT2D eigenvalue weighted by atomic mass is 19.3. The van der Waals surface area contributed by atoms with Crippen molar-refractivity contribution in [2.75, 3.05) is 13.1 Å². The lowest BCUT2D eigenvalue weighted by Crippen LogP contribution is -2.42. The van der Waals surface area contributed by atoms with Crippen molar-refractivity contribution in [1.29, 1.82) is 0 Å². The number of likely N-dealkylation sites (tertiary alicyclic amines) is 1. The first-order valence-electron chi connectivity index (χ1n) is 9.59. The van der Waals surface area contributed by atoms with Gasteiger partial charge in [0.15, 0.2) is 0 Å². The summed E-state index contributed by atoms with van der Waals surface area (Å²) in [5.41, 5.74) is 0.945. The van der Waals surface area contributed by atoms with Crippen molar-refractivity contribution in [3.63, 3.8) is 0 Å². The maximum atomic E-state index is 12.7. The van der Waals surface area contributed by atoms with Crippen LogP contribution in [0, 0.1) is 11.8 Å². The summed E-state index contributed by atoms with van der Waals surface area (Å²) in [5, 5.41) is 11.5. The molecule has 0 aromatic heterocycles. The van der Waals surface area contributed by atoms with Crippen molar-refractivity contribution in [2.24, 2.45) is 11.8 Å². The summed E-state index contributed by atoms with van der Waals surface area (Å²) in [5.74, 6) is 0.824. The lowest BCUT2D eigenvalue weighted by atomic mass is 9.67. The number of nitrogens with zero attached hydrogens (tertiary/aromatic N) is 1. The van der Waals surface area contributed by atoms with E-state index in [0.717, 1.165) is 43.5 Å². The van der Waals surface area contributed by atoms with E-state index in [4.69, 9.17) is 0 Å². The molecular weight excluding hydrogens is 348 g/mol. The molecule has 2 aromatic rings. The Morgan fingerprint density at radius 2 is 1.81 bits per heavy atom. The lowest BCUT2D eigenvalue weighted by Gasteiger charge is -2.41. The summed E-state index contributed by atoms with van der Waals surface area (Å²) in [6, 6.07) is 16.9. The topological polar surface area (TPSA) is 32.7 Å². The molecule has 0 spiro atoms. The van der Waals surface area contributed by atoms with Gasteiger partial charge in [-0.15, -0.1) is 0 Å². The van der Waals surface area contributed by atoms with E-state index < -0.39 is 12.2 Å². The number of aliphatic hydroxyl groups is 1. The SMILES string of the molecule is O[C@@]1(c2ccccc2)CCC[C@H]2CN(Cc3ccccc3OC(F)F)C[C@H]21. The fourth-order valence-electron chi connectivity index (χ4n) is 4.91. The molecule has 3 atom stereocenters. The highest BCUT2D eigenvalue weighted by Gasteiger charge is 2.49. The number of halogens is 2. The van der Waals surface area contributed by atoms with E-state index in [-0.39, 0.29) is 11.7 Å². The molecule has 1 N–H and O–H groups in total. The van der Waals surface area contributed by atoms with Crippen LogP contribution in [-0.2, 0) is 12.1 Å². The number of hydrogen-bond acceptors (Lipinski definition) is 3. The van der Waals surface area contributed by atoms with Gasteiger partial charge < -0.3 is 9.84 Å². The summed E-state index contributed by atoms with van der Waals surface area (Å²) in [6.07, 6.45) is 2.88. The van der Waals surface area contributed by atoms with Gasteiger partial charge in [0.05, 0.1) is 5.60 Å². The minimum absolute atomic E-state index is 0.164. The van der Waals surface area contributed by atoms with Gasteiger partial charge in [-0.05, 0) is 36.8 Å². The number of benzene rings is 2. The predicted molar refractivity (Wildman–Crippen MR) is 99.5 cm³/mol. The molecule has 2 aliphatic rings. The molecule has 2 aromatic carbocycles. The average molecular weight is 373 g/mol. The third-order valence-corrected chi connectivity index (χ3v) is 6.12. The Hall–Kier alpha value is -1.98. The first-order chi connectivity index (χ1) is 13.1. The van der Waals surface area contributed by atoms with Crippen LogP contribution >= 0.6 is 0 Å². The van der Waals surface area contributed by atoms with E-state index in [1.54, 1.807) is 12.1 Å². The molecule has 0 unspecified atom stereocenters. The van der Waals surface area contributed by atoms with Gasteiger partial charge >= 0.3 is 6.61 Å². The third-order valence-electron chi connectivity index (χ3n) is 6.12. The van der Waals surface area contributed by atoms with E-state index in [2.05, 4.69) is 9.64 Å². The molecule has 1 saturated carbocycles. The molecule has 144 valence electrons. The molecule has 2 fully saturated rings. The molecule has 1 aliphatic heterocycles. The van der Waals surface area contributed by atoms with Crippen molar-refractivity contribution in [3.05, 3.63) is 65.7 Å². The second-order valence-corrected chi connectivity index (χ2v) is 7.73. The maximum Gasteiger partial charge on any atom is 0.387 e. The molecular formula is C22H25F2NO2. The van der Waals surface area contributed by atoms with Gasteiger partial charge in [-0.3, -0.25) is 4.90 Å². The van der Waals surface area contributed by atoms with Gasteiger partial charge in [-0.25, -0.2) is 0 Å². The molecule has 1 heterocycles. The highest BCUT2D eigenvalue weighted by Crippen LogP contribution is 2.48. The normalized spacial score (nSPS) is 28.3. The summed E-state index contributed by atoms with van der Waals surface area (Å²) in [4.78, 5) is 2.27. The standard InChI is InChI=1S/C22H25F2NO2/c23-21(24)27-20-11-5-4-7-17(20)14-25-13-16-8-6-12-22(26,19(16)15-25)18-9-2-1-3-10-18/h1-5,7,9-11,16,19,21,26H,6,8,12-15H2/t16-,19+,22+/m0/s1. The highest BCUT2D eigenvalue weighted by molar-refractivity contribution is 5.33. The average Bonchev–Trinajstić information content (AvgIpc) is 3.08. The molecule has 0 bridgehead atoms. The van der Waals surface area contributed by atoms with Gasteiger partial charge in [-0.2, -0.15) is 8.78 Å². The van der Waals surface area contributed by atoms with Crippen LogP contribution in [0.2, 0.25) is 0 Å². The molecule has 5 heteroatoms. The monoisotopic (exact) mass is 373 g/mol. The predicted octanol–water partition coefficient (Wildman–Crippen LogP) is 4.41. The van der Waals surface area contributed by atoms with Crippen molar-refractivity contribution in [1.82, 2.24) is 4.90 Å². The molecule has 0 radical (unpaired) electrons. The van der Waals surface area contributed by atoms with Crippen molar-refractivity contribution >= 4 is 0 Å². The Bertz CT molecular complexity index is 770. The fourth-order valence-corrected chi connectivity index (χ4v) is 4.91. The summed E-state index contributed by atoms with van der Waals surface area (Å²) >= 11 is 0. The Morgan fingerprint density at radius 1 is 1.07 bits per heavy atom. The maximum absolute atomic E-state index is 12.7. The largest absolute Gasteiger partial charge is 0.434 e. The van der Waals surface area contributed by atoms with E-state index >= 15 is 0 Å². The number of rotatable bonds is 5. The first kappa shape index (κ1) is 18.4. The lowest BCUT2D eigenvalue weighted by molar-refractivity contribution is -0.0648. The zero-order valence-corrected chi connectivity index (χ0v) is 15.2. The van der Waals surface area contributed by atoms with E-state index in [1.807, 2.05) is 42.5 Å². The number of fused-ring (bicyclic) bond motifs is 1. The summed E-state index contributed by atoms with van der Waals surface area (Å²) < 4.78 is 30.0. The second-order valence-electron chi connectivity index (χ2n) is 7.73. The smallest absolute Gasteiger partial charge is 0.387 e. The molecule has 3 nitrogen and oxygen atoms in total. The zero-order valence-electron chi connectivity index (χ0n) is 15.2. The van der Waals surface area contributed by atoms with Crippen LogP contribution in [0.25, 0.3) is 0 Å². The van der Waals surface area contributed by atoms with Crippen LogP contribution in [-0.4, -0.2) is 29.7 Å². The zero-order chi connectivity index (χ0) is 18.9. The minimum Gasteiger partial charge on any atom is -0.434 e. The Morgan fingerprint density at radius 3 is 2.59 bits per heavy atom. The first-order valence-corrected chi connectivity index (χ1v) is 9.59. The van der Waals surface area contributed by atoms with Crippen LogP contribution in [0.5, 0.6) is 5.75 Å². The van der Waals surface area contributed by atoms with Crippen LogP contribution in [0.1, 0.15) is 30.4 Å². The number of ether oxygens (including phenoxy) is 1. The number of alkyl halides is 2. The molecule has 0 amide bonds. The molecule has 1 saturated heterocycles. The fraction of sp³-hybridized carbons (Fsp3) is 0.455. The quantitative estimate of drug-likeness (QED) is 0.843. The minimum atomic E-state index is -2.82. The Kier molecular flexibility index (Phi) is 5.15. The molecule has 27 heavy (non-hydrogen) atoms. The van der Waals surface area contributed by atoms with E-state index in [0.29, 0.717) is 12.5 Å². The van der Waals surface area contributed by atoms with Crippen molar-refractivity contribution in [2.45, 2.75) is 38.0 Å². The van der Waals surface area contributed by atoms with Crippen LogP contribution < -0.4 is 4.74 Å². The third kappa shape index (κ3) is 3.71. The van der Waals surface area contributed by atoms with Crippen molar-refractivity contribution < 1.29 is 18.6 Å². The van der Waals surface area contributed by atoms with Crippen LogP contribution in [0.15, 0.2) is 54.6 Å². The Balaban J connectivity index is 1.53. The van der Waals surface area contributed by atoms with E-state index in [9.17, 15) is 13.9 Å². The van der Waals surface area contributed by atoms with Gasteiger partial charge in [0.2, 0.25) is 0 Å². The Labute approximate surface area is 158 Å². The second kappa shape index (κ2) is 7.56. The van der Waals surface area contributed by atoms with Crippen molar-refractivity contribution in [3.8, 4) is 5.75 Å².